The molecule has 0 nitrogen and oxygen atoms in total. The van der Waals surface area contributed by atoms with Crippen molar-refractivity contribution in [1.29, 1.82) is 0 Å². The maximum Gasteiger partial charge on any atom is -0.0103 e. The first kappa shape index (κ1) is 6.34. The number of hydrogen-bond acceptors (Lipinski definition) is 0. The van der Waals surface area contributed by atoms with Crippen LogP contribution in [-0.2, 0) is 0 Å². The van der Waals surface area contributed by atoms with Crippen LogP contribution in [0.25, 0.3) is 0 Å². The molecule has 1 aliphatic rings. The highest BCUT2D eigenvalue weighted by molar-refractivity contribution is 5.42. The average molecular weight is 119 g/mol. The van der Waals surface area contributed by atoms with Gasteiger partial charge in [0.05, 0.1) is 0 Å². The second-order valence-corrected chi connectivity index (χ2v) is 2.59. The summed E-state index contributed by atoms with van der Waals surface area (Å²) in [6.07, 6.45) is 7.33. The van der Waals surface area contributed by atoms with Gasteiger partial charge in [-0.25, -0.2) is 0 Å². The zero-order valence-corrected chi connectivity index (χ0v) is 6.15. The van der Waals surface area contributed by atoms with Crippen LogP contribution >= 0.6 is 0 Å². The zero-order valence-electron chi connectivity index (χ0n) is 6.15. The van der Waals surface area contributed by atoms with Crippen molar-refractivity contribution in [1.82, 2.24) is 0 Å². The van der Waals surface area contributed by atoms with Gasteiger partial charge in [-0.1, -0.05) is 17.7 Å². The van der Waals surface area contributed by atoms with Gasteiger partial charge in [0.15, 0.2) is 0 Å². The van der Waals surface area contributed by atoms with Crippen LogP contribution in [0.2, 0.25) is 0 Å². The largest absolute Gasteiger partial charge is 0.0686 e. The fraction of sp³-hybridized carbons (Fsp3) is 0.333. The van der Waals surface area contributed by atoms with Crippen molar-refractivity contribution in [3.8, 4) is 0 Å². The summed E-state index contributed by atoms with van der Waals surface area (Å²) in [6.45, 7) is 6.29. The van der Waals surface area contributed by atoms with Crippen molar-refractivity contribution >= 4 is 0 Å². The van der Waals surface area contributed by atoms with Gasteiger partial charge < -0.3 is 0 Å². The van der Waals surface area contributed by atoms with Crippen molar-refractivity contribution in [2.75, 3.05) is 0 Å². The minimum absolute atomic E-state index is 1.24. The predicted molar refractivity (Wildman–Crippen MR) is 39.9 cm³/mol. The molecule has 0 heteroatoms. The smallest absolute Gasteiger partial charge is 0.0103 e. The van der Waals surface area contributed by atoms with E-state index in [0.29, 0.717) is 0 Å². The second kappa shape index (κ2) is 2.22. The first-order chi connectivity index (χ1) is 4.20. The molecule has 0 aromatic rings. The molecule has 1 aliphatic carbocycles. The molecule has 0 heterocycles. The highest BCUT2D eigenvalue weighted by Gasteiger charge is 1.97. The van der Waals surface area contributed by atoms with Crippen LogP contribution in [0, 0.1) is 6.08 Å². The molecule has 0 atom stereocenters. The Labute approximate surface area is 56.6 Å². The fourth-order valence-electron chi connectivity index (χ4n) is 0.791. The summed E-state index contributed by atoms with van der Waals surface area (Å²) >= 11 is 0. The number of rotatable bonds is 0. The first-order valence-corrected chi connectivity index (χ1v) is 3.15. The van der Waals surface area contributed by atoms with E-state index < -0.39 is 0 Å². The van der Waals surface area contributed by atoms with E-state index in [1.165, 1.54) is 16.7 Å². The molecular weight excluding hydrogens is 108 g/mol. The molecule has 1 radical (unpaired) electrons. The van der Waals surface area contributed by atoms with Crippen LogP contribution in [-0.4, -0.2) is 0 Å². The van der Waals surface area contributed by atoms with Gasteiger partial charge in [0.1, 0.15) is 0 Å². The highest BCUT2D eigenvalue weighted by Crippen LogP contribution is 2.16. The quantitative estimate of drug-likeness (QED) is 0.460. The van der Waals surface area contributed by atoms with Gasteiger partial charge in [-0.05, 0) is 38.0 Å². The normalized spacial score (nSPS) is 16.3. The molecule has 0 aliphatic heterocycles. The molecule has 9 heavy (non-hydrogen) atoms. The summed E-state index contributed by atoms with van der Waals surface area (Å²) in [5, 5.41) is 0. The SMILES string of the molecule is CC1=CC(=C(C)C)[C]=C1. The molecule has 0 spiro atoms. The maximum absolute atomic E-state index is 3.17. The minimum Gasteiger partial charge on any atom is -0.0686 e. The van der Waals surface area contributed by atoms with Gasteiger partial charge in [0.25, 0.3) is 0 Å². The Balaban J connectivity index is 2.95. The molecule has 0 bridgehead atoms. The van der Waals surface area contributed by atoms with Crippen molar-refractivity contribution in [2.24, 2.45) is 0 Å². The van der Waals surface area contributed by atoms with Crippen molar-refractivity contribution in [3.05, 3.63) is 34.9 Å². The molecule has 0 amide bonds. The van der Waals surface area contributed by atoms with Crippen molar-refractivity contribution in [2.45, 2.75) is 20.8 Å². The summed E-state index contributed by atoms with van der Waals surface area (Å²) in [7, 11) is 0. The summed E-state index contributed by atoms with van der Waals surface area (Å²) in [6, 6.07) is 0. The van der Waals surface area contributed by atoms with Crippen LogP contribution in [0.3, 0.4) is 0 Å². The Kier molecular flexibility index (Phi) is 1.56. The van der Waals surface area contributed by atoms with E-state index in [-0.39, 0.29) is 0 Å². The van der Waals surface area contributed by atoms with Crippen LogP contribution in [0.1, 0.15) is 20.8 Å². The number of allylic oxidation sites excluding steroid dienone is 6. The zero-order chi connectivity index (χ0) is 6.85. The van der Waals surface area contributed by atoms with Crippen LogP contribution < -0.4 is 0 Å². The third-order valence-electron chi connectivity index (χ3n) is 1.37. The summed E-state index contributed by atoms with van der Waals surface area (Å²) in [4.78, 5) is 0. The predicted octanol–water partition coefficient (Wildman–Crippen LogP) is 2.64. The van der Waals surface area contributed by atoms with Gasteiger partial charge in [0, 0.05) is 0 Å². The highest BCUT2D eigenvalue weighted by atomic mass is 14.0. The molecular formula is C9H11. The minimum atomic E-state index is 1.24. The second-order valence-electron chi connectivity index (χ2n) is 2.59. The van der Waals surface area contributed by atoms with E-state index in [9.17, 15) is 0 Å². The van der Waals surface area contributed by atoms with E-state index in [2.05, 4.69) is 32.9 Å². The molecule has 0 unspecified atom stereocenters. The fourth-order valence-corrected chi connectivity index (χ4v) is 0.791. The monoisotopic (exact) mass is 119 g/mol. The van der Waals surface area contributed by atoms with Gasteiger partial charge >= 0.3 is 0 Å². The van der Waals surface area contributed by atoms with Crippen LogP contribution in [0.5, 0.6) is 0 Å². The molecule has 0 aromatic heterocycles. The lowest BCUT2D eigenvalue weighted by atomic mass is 10.2. The Morgan fingerprint density at radius 2 is 2.11 bits per heavy atom. The van der Waals surface area contributed by atoms with Gasteiger partial charge in [-0.2, -0.15) is 0 Å². The molecule has 0 fully saturated rings. The van der Waals surface area contributed by atoms with Crippen molar-refractivity contribution in [3.63, 3.8) is 0 Å². The Morgan fingerprint density at radius 3 is 2.33 bits per heavy atom. The Morgan fingerprint density at radius 1 is 1.44 bits per heavy atom. The molecule has 47 valence electrons. The van der Waals surface area contributed by atoms with Gasteiger partial charge in [-0.15, -0.1) is 0 Å². The first-order valence-electron chi connectivity index (χ1n) is 3.15. The summed E-state index contributed by atoms with van der Waals surface area (Å²) in [5.74, 6) is 0. The third kappa shape index (κ3) is 1.32. The molecule has 0 N–H and O–H groups in total. The van der Waals surface area contributed by atoms with E-state index in [0.717, 1.165) is 0 Å². The van der Waals surface area contributed by atoms with Gasteiger partial charge in [-0.3, -0.25) is 0 Å². The molecule has 0 saturated carbocycles. The Bertz CT molecular complexity index is 198. The standard InChI is InChI=1S/C9H11/c1-7(2)9-5-4-8(3)6-9/h4,6H,1-3H3. The van der Waals surface area contributed by atoms with E-state index in [1.54, 1.807) is 0 Å². The van der Waals surface area contributed by atoms with E-state index in [1.807, 2.05) is 6.08 Å². The van der Waals surface area contributed by atoms with E-state index in [4.69, 9.17) is 0 Å². The average Bonchev–Trinajstić information content (AvgIpc) is 2.14. The topological polar surface area (TPSA) is 0 Å². The number of hydrogen-bond donors (Lipinski definition) is 0. The van der Waals surface area contributed by atoms with Crippen molar-refractivity contribution < 1.29 is 0 Å². The maximum atomic E-state index is 3.17. The lowest BCUT2D eigenvalue weighted by Gasteiger charge is -1.90. The van der Waals surface area contributed by atoms with Gasteiger partial charge in [0.2, 0.25) is 0 Å². The van der Waals surface area contributed by atoms with Crippen LogP contribution in [0.15, 0.2) is 28.9 Å². The lowest BCUT2D eigenvalue weighted by molar-refractivity contribution is 1.34. The molecule has 1 rings (SSSR count). The molecule has 0 aromatic carbocycles. The lowest BCUT2D eigenvalue weighted by Crippen LogP contribution is -1.71. The Hall–Kier alpha value is -0.780. The third-order valence-corrected chi connectivity index (χ3v) is 1.37. The van der Waals surface area contributed by atoms with Crippen LogP contribution in [0.4, 0.5) is 0 Å². The van der Waals surface area contributed by atoms with E-state index >= 15 is 0 Å². The summed E-state index contributed by atoms with van der Waals surface area (Å²) < 4.78 is 0. The summed E-state index contributed by atoms with van der Waals surface area (Å²) in [5.41, 5.74) is 3.88. The molecule has 0 saturated heterocycles.